The first-order chi connectivity index (χ1) is 9.88. The molecular weight excluding hydrogens is 260 g/mol. The highest BCUT2D eigenvalue weighted by atomic mass is 16.5. The van der Waals surface area contributed by atoms with Gasteiger partial charge < -0.3 is 10.5 Å². The van der Waals surface area contributed by atoms with Gasteiger partial charge in [0.15, 0.2) is 0 Å². The first-order valence-corrected chi connectivity index (χ1v) is 7.03. The smallest absolute Gasteiger partial charge is 0.123 e. The van der Waals surface area contributed by atoms with Gasteiger partial charge in [0, 0.05) is 5.56 Å². The van der Waals surface area contributed by atoms with E-state index in [1.807, 2.05) is 42.5 Å². The van der Waals surface area contributed by atoms with Crippen LogP contribution in [0.15, 0.2) is 48.5 Å². The Morgan fingerprint density at radius 2 is 1.67 bits per heavy atom. The number of benzene rings is 2. The van der Waals surface area contributed by atoms with Crippen molar-refractivity contribution in [2.24, 2.45) is 5.73 Å². The molecule has 0 atom stereocenters. The molecule has 0 saturated heterocycles. The number of nitrogens with one attached hydrogen (secondary N) is 1. The molecule has 110 valence electrons. The summed E-state index contributed by atoms with van der Waals surface area (Å²) in [5.74, 6) is 1.00. The van der Waals surface area contributed by atoms with Crippen molar-refractivity contribution >= 4 is 5.84 Å². The molecule has 0 radical (unpaired) electrons. The van der Waals surface area contributed by atoms with Crippen molar-refractivity contribution in [3.05, 3.63) is 65.2 Å². The van der Waals surface area contributed by atoms with Gasteiger partial charge in [0.2, 0.25) is 0 Å². The average molecular weight is 282 g/mol. The van der Waals surface area contributed by atoms with Crippen LogP contribution in [0, 0.1) is 5.41 Å². The van der Waals surface area contributed by atoms with Crippen molar-refractivity contribution in [3.8, 4) is 5.75 Å². The Hall–Kier alpha value is -2.29. The predicted molar refractivity (Wildman–Crippen MR) is 86.9 cm³/mol. The SMILES string of the molecule is CC(C)(C)c1ccccc1OCc1ccc(C(=N)N)cc1. The first kappa shape index (κ1) is 15.1. The molecule has 0 aliphatic rings. The summed E-state index contributed by atoms with van der Waals surface area (Å²) in [6.45, 7) is 7.04. The van der Waals surface area contributed by atoms with Crippen LogP contribution in [0.3, 0.4) is 0 Å². The summed E-state index contributed by atoms with van der Waals surface area (Å²) < 4.78 is 5.97. The second-order valence-electron chi connectivity index (χ2n) is 6.15. The van der Waals surface area contributed by atoms with Gasteiger partial charge in [0.1, 0.15) is 18.2 Å². The molecule has 0 aliphatic heterocycles. The van der Waals surface area contributed by atoms with Crippen molar-refractivity contribution in [1.82, 2.24) is 0 Å². The van der Waals surface area contributed by atoms with E-state index in [2.05, 4.69) is 26.8 Å². The predicted octanol–water partition coefficient (Wildman–Crippen LogP) is 3.85. The molecular formula is C18H22N2O. The van der Waals surface area contributed by atoms with Crippen molar-refractivity contribution in [3.63, 3.8) is 0 Å². The van der Waals surface area contributed by atoms with E-state index in [1.54, 1.807) is 0 Å². The lowest BCUT2D eigenvalue weighted by Crippen LogP contribution is -2.13. The van der Waals surface area contributed by atoms with Gasteiger partial charge in [-0.25, -0.2) is 0 Å². The van der Waals surface area contributed by atoms with Crippen LogP contribution >= 0.6 is 0 Å². The number of ether oxygens (including phenoxy) is 1. The number of para-hydroxylation sites is 1. The third-order valence-electron chi connectivity index (χ3n) is 3.35. The molecule has 21 heavy (non-hydrogen) atoms. The molecule has 2 aromatic carbocycles. The second-order valence-corrected chi connectivity index (χ2v) is 6.15. The van der Waals surface area contributed by atoms with E-state index in [1.165, 1.54) is 5.56 Å². The Labute approximate surface area is 126 Å². The zero-order valence-corrected chi connectivity index (χ0v) is 12.8. The molecule has 3 nitrogen and oxygen atoms in total. The quantitative estimate of drug-likeness (QED) is 0.661. The molecule has 0 heterocycles. The summed E-state index contributed by atoms with van der Waals surface area (Å²) in [5, 5.41) is 7.39. The summed E-state index contributed by atoms with van der Waals surface area (Å²) in [6.07, 6.45) is 0. The molecule has 2 rings (SSSR count). The van der Waals surface area contributed by atoms with Gasteiger partial charge in [-0.3, -0.25) is 5.41 Å². The molecule has 0 aliphatic carbocycles. The lowest BCUT2D eigenvalue weighted by Gasteiger charge is -2.22. The largest absolute Gasteiger partial charge is 0.489 e. The Morgan fingerprint density at radius 3 is 2.24 bits per heavy atom. The fourth-order valence-corrected chi connectivity index (χ4v) is 2.15. The van der Waals surface area contributed by atoms with Crippen LogP contribution in [0.1, 0.15) is 37.5 Å². The van der Waals surface area contributed by atoms with E-state index in [4.69, 9.17) is 15.9 Å². The van der Waals surface area contributed by atoms with Gasteiger partial charge >= 0.3 is 0 Å². The Kier molecular flexibility index (Phi) is 4.32. The maximum atomic E-state index is 7.39. The standard InChI is InChI=1S/C18H22N2O/c1-18(2,3)15-6-4-5-7-16(15)21-12-13-8-10-14(11-9-13)17(19)20/h4-11H,12H2,1-3H3,(H3,19,20). The number of hydrogen-bond acceptors (Lipinski definition) is 2. The fourth-order valence-electron chi connectivity index (χ4n) is 2.15. The lowest BCUT2D eigenvalue weighted by atomic mass is 9.86. The van der Waals surface area contributed by atoms with Gasteiger partial charge in [-0.05, 0) is 22.6 Å². The third kappa shape index (κ3) is 3.85. The molecule has 0 bridgehead atoms. The lowest BCUT2D eigenvalue weighted by molar-refractivity contribution is 0.297. The van der Waals surface area contributed by atoms with Gasteiger partial charge in [0.05, 0.1) is 0 Å². The highest BCUT2D eigenvalue weighted by Crippen LogP contribution is 2.31. The van der Waals surface area contributed by atoms with E-state index in [0.717, 1.165) is 16.9 Å². The van der Waals surface area contributed by atoms with Crippen LogP contribution in [-0.2, 0) is 12.0 Å². The molecule has 0 unspecified atom stereocenters. The normalized spacial score (nSPS) is 11.2. The van der Waals surface area contributed by atoms with Gasteiger partial charge in [-0.15, -0.1) is 0 Å². The van der Waals surface area contributed by atoms with E-state index in [0.29, 0.717) is 6.61 Å². The number of nitrogens with two attached hydrogens (primary N) is 1. The van der Waals surface area contributed by atoms with E-state index in [-0.39, 0.29) is 11.3 Å². The minimum atomic E-state index is 0.0507. The highest BCUT2D eigenvalue weighted by molar-refractivity contribution is 5.94. The first-order valence-electron chi connectivity index (χ1n) is 7.03. The van der Waals surface area contributed by atoms with E-state index < -0.39 is 0 Å². The number of hydrogen-bond donors (Lipinski definition) is 2. The van der Waals surface area contributed by atoms with Gasteiger partial charge in [-0.1, -0.05) is 63.2 Å². The van der Waals surface area contributed by atoms with Crippen LogP contribution in [0.4, 0.5) is 0 Å². The monoisotopic (exact) mass is 282 g/mol. The Balaban J connectivity index is 2.12. The zero-order chi connectivity index (χ0) is 15.5. The maximum Gasteiger partial charge on any atom is 0.123 e. The fraction of sp³-hybridized carbons (Fsp3) is 0.278. The van der Waals surface area contributed by atoms with Crippen LogP contribution in [-0.4, -0.2) is 5.84 Å². The summed E-state index contributed by atoms with van der Waals surface area (Å²) in [7, 11) is 0. The van der Waals surface area contributed by atoms with Crippen LogP contribution in [0.25, 0.3) is 0 Å². The van der Waals surface area contributed by atoms with Crippen LogP contribution in [0.2, 0.25) is 0 Å². The molecule has 3 N–H and O–H groups in total. The van der Waals surface area contributed by atoms with Gasteiger partial charge in [-0.2, -0.15) is 0 Å². The Morgan fingerprint density at radius 1 is 1.05 bits per heavy atom. The Bertz CT molecular complexity index is 624. The second kappa shape index (κ2) is 6.00. The summed E-state index contributed by atoms with van der Waals surface area (Å²) in [5.41, 5.74) is 8.49. The molecule has 0 amide bonds. The van der Waals surface area contributed by atoms with Crippen molar-refractivity contribution in [2.75, 3.05) is 0 Å². The summed E-state index contributed by atoms with van der Waals surface area (Å²) >= 11 is 0. The average Bonchev–Trinajstić information content (AvgIpc) is 2.45. The van der Waals surface area contributed by atoms with Crippen molar-refractivity contribution in [2.45, 2.75) is 32.8 Å². The molecule has 0 spiro atoms. The van der Waals surface area contributed by atoms with E-state index in [9.17, 15) is 0 Å². The van der Waals surface area contributed by atoms with Crippen LogP contribution < -0.4 is 10.5 Å². The van der Waals surface area contributed by atoms with Crippen molar-refractivity contribution < 1.29 is 4.74 Å². The van der Waals surface area contributed by atoms with Crippen molar-refractivity contribution in [1.29, 1.82) is 5.41 Å². The molecule has 0 fully saturated rings. The molecule has 3 heteroatoms. The third-order valence-corrected chi connectivity index (χ3v) is 3.35. The zero-order valence-electron chi connectivity index (χ0n) is 12.8. The van der Waals surface area contributed by atoms with Gasteiger partial charge in [0.25, 0.3) is 0 Å². The molecule has 2 aromatic rings. The summed E-state index contributed by atoms with van der Waals surface area (Å²) in [6, 6.07) is 15.7. The minimum Gasteiger partial charge on any atom is -0.489 e. The minimum absolute atomic E-state index is 0.0507. The highest BCUT2D eigenvalue weighted by Gasteiger charge is 2.18. The topological polar surface area (TPSA) is 59.1 Å². The molecule has 0 saturated carbocycles. The number of rotatable bonds is 4. The van der Waals surface area contributed by atoms with Crippen LogP contribution in [0.5, 0.6) is 5.75 Å². The maximum absolute atomic E-state index is 7.39. The number of amidine groups is 1. The summed E-state index contributed by atoms with van der Waals surface area (Å²) in [4.78, 5) is 0. The number of nitrogen functional groups attached to an aromatic ring is 1. The molecule has 0 aromatic heterocycles. The van der Waals surface area contributed by atoms with E-state index >= 15 is 0 Å².